The average Bonchev–Trinajstić information content (AvgIpc) is 2.28. The van der Waals surface area contributed by atoms with Gasteiger partial charge in [-0.3, -0.25) is 0 Å². The highest BCUT2D eigenvalue weighted by molar-refractivity contribution is 5.15. The van der Waals surface area contributed by atoms with Crippen LogP contribution in [0.15, 0.2) is 6.07 Å². The van der Waals surface area contributed by atoms with Crippen molar-refractivity contribution >= 4 is 0 Å². The van der Waals surface area contributed by atoms with Crippen molar-refractivity contribution in [1.82, 2.24) is 14.9 Å². The third-order valence-corrected chi connectivity index (χ3v) is 3.56. The second kappa shape index (κ2) is 5.76. The van der Waals surface area contributed by atoms with Crippen molar-refractivity contribution in [2.24, 2.45) is 5.73 Å². The minimum atomic E-state index is 0.122. The molecular formula is C14H24N4. The van der Waals surface area contributed by atoms with E-state index in [2.05, 4.69) is 23.0 Å². The van der Waals surface area contributed by atoms with E-state index in [0.717, 1.165) is 31.0 Å². The first-order valence-corrected chi connectivity index (χ1v) is 6.83. The predicted molar refractivity (Wildman–Crippen MR) is 73.6 cm³/mol. The van der Waals surface area contributed by atoms with Crippen LogP contribution in [0, 0.1) is 6.92 Å². The zero-order chi connectivity index (χ0) is 13.1. The number of likely N-dealkylation sites (tertiary alicyclic amines) is 1. The summed E-state index contributed by atoms with van der Waals surface area (Å²) in [6.45, 7) is 6.37. The third-order valence-electron chi connectivity index (χ3n) is 3.56. The molecule has 1 aromatic heterocycles. The molecule has 18 heavy (non-hydrogen) atoms. The van der Waals surface area contributed by atoms with Crippen LogP contribution in [0.3, 0.4) is 0 Å². The minimum Gasteiger partial charge on any atom is -0.328 e. The summed E-state index contributed by atoms with van der Waals surface area (Å²) in [4.78, 5) is 11.6. The van der Waals surface area contributed by atoms with Crippen LogP contribution in [0.4, 0.5) is 0 Å². The maximum atomic E-state index is 5.83. The minimum absolute atomic E-state index is 0.122. The van der Waals surface area contributed by atoms with Crippen LogP contribution >= 0.6 is 0 Å². The van der Waals surface area contributed by atoms with Gasteiger partial charge in [-0.25, -0.2) is 9.97 Å². The van der Waals surface area contributed by atoms with Crippen LogP contribution in [-0.4, -0.2) is 41.0 Å². The van der Waals surface area contributed by atoms with E-state index in [-0.39, 0.29) is 6.04 Å². The van der Waals surface area contributed by atoms with Gasteiger partial charge in [-0.1, -0.05) is 0 Å². The van der Waals surface area contributed by atoms with E-state index in [4.69, 9.17) is 10.7 Å². The van der Waals surface area contributed by atoms with Gasteiger partial charge < -0.3 is 10.6 Å². The number of aryl methyl sites for hydroxylation is 1. The Bertz CT molecular complexity index is 395. The van der Waals surface area contributed by atoms with Crippen molar-refractivity contribution in [2.45, 2.75) is 45.1 Å². The van der Waals surface area contributed by atoms with E-state index in [1.54, 1.807) is 0 Å². The van der Waals surface area contributed by atoms with Gasteiger partial charge >= 0.3 is 0 Å². The summed E-state index contributed by atoms with van der Waals surface area (Å²) in [6, 6.07) is 2.26. The maximum absolute atomic E-state index is 5.83. The Morgan fingerprint density at radius 1 is 1.39 bits per heavy atom. The summed E-state index contributed by atoms with van der Waals surface area (Å²) in [6.07, 6.45) is 3.16. The molecule has 0 aromatic carbocycles. The van der Waals surface area contributed by atoms with Crippen molar-refractivity contribution < 1.29 is 0 Å². The fraction of sp³-hybridized carbons (Fsp3) is 0.714. The zero-order valence-electron chi connectivity index (χ0n) is 11.7. The Morgan fingerprint density at radius 2 is 2.06 bits per heavy atom. The molecule has 100 valence electrons. The van der Waals surface area contributed by atoms with E-state index in [9.17, 15) is 0 Å². The monoisotopic (exact) mass is 248 g/mol. The highest BCUT2D eigenvalue weighted by atomic mass is 15.1. The maximum Gasteiger partial charge on any atom is 0.130 e. The molecule has 2 rings (SSSR count). The van der Waals surface area contributed by atoms with Gasteiger partial charge in [0.1, 0.15) is 5.82 Å². The summed E-state index contributed by atoms with van der Waals surface area (Å²) in [5, 5.41) is 0. The molecule has 1 aromatic rings. The molecule has 1 fully saturated rings. The van der Waals surface area contributed by atoms with Crippen LogP contribution in [-0.2, 0) is 6.42 Å². The molecule has 0 radical (unpaired) electrons. The Balaban J connectivity index is 2.14. The number of nitrogens with two attached hydrogens (primary N) is 1. The quantitative estimate of drug-likeness (QED) is 0.880. The first-order valence-electron chi connectivity index (χ1n) is 6.83. The van der Waals surface area contributed by atoms with E-state index in [1.165, 1.54) is 18.5 Å². The van der Waals surface area contributed by atoms with Crippen LogP contribution in [0.25, 0.3) is 0 Å². The molecular weight excluding hydrogens is 224 g/mol. The summed E-state index contributed by atoms with van der Waals surface area (Å²) in [7, 11) is 2.18. The standard InChI is InChI=1S/C14H24N4/c1-10(15)8-14-16-11(2)9-13(17-14)12-4-6-18(3)7-5-12/h9-10,12H,4-8,15H2,1-3H3. The Labute approximate surface area is 110 Å². The molecule has 1 aliphatic heterocycles. The lowest BCUT2D eigenvalue weighted by Crippen LogP contribution is -2.30. The van der Waals surface area contributed by atoms with Gasteiger partial charge in [0.05, 0.1) is 0 Å². The smallest absolute Gasteiger partial charge is 0.130 e. The fourth-order valence-corrected chi connectivity index (χ4v) is 2.55. The van der Waals surface area contributed by atoms with Gasteiger partial charge in [-0.2, -0.15) is 0 Å². The SMILES string of the molecule is Cc1cc(C2CCN(C)CC2)nc(CC(C)N)n1. The van der Waals surface area contributed by atoms with E-state index in [1.807, 2.05) is 13.8 Å². The number of hydrogen-bond acceptors (Lipinski definition) is 4. The molecule has 4 heteroatoms. The number of piperidine rings is 1. The highest BCUT2D eigenvalue weighted by Gasteiger charge is 2.20. The van der Waals surface area contributed by atoms with Gasteiger partial charge in [-0.15, -0.1) is 0 Å². The number of nitrogens with zero attached hydrogens (tertiary/aromatic N) is 3. The molecule has 1 atom stereocenters. The largest absolute Gasteiger partial charge is 0.328 e. The molecule has 4 nitrogen and oxygen atoms in total. The summed E-state index contributed by atoms with van der Waals surface area (Å²) in [5.41, 5.74) is 8.11. The summed E-state index contributed by atoms with van der Waals surface area (Å²) < 4.78 is 0. The number of hydrogen-bond donors (Lipinski definition) is 1. The lowest BCUT2D eigenvalue weighted by Gasteiger charge is -2.28. The van der Waals surface area contributed by atoms with Gasteiger partial charge in [0, 0.05) is 29.8 Å². The van der Waals surface area contributed by atoms with Crippen LogP contribution in [0.1, 0.15) is 42.9 Å². The lowest BCUT2D eigenvalue weighted by molar-refractivity contribution is 0.253. The third kappa shape index (κ3) is 3.50. The van der Waals surface area contributed by atoms with Gasteiger partial charge in [-0.05, 0) is 52.9 Å². The van der Waals surface area contributed by atoms with Gasteiger partial charge in [0.15, 0.2) is 0 Å². The Hall–Kier alpha value is -1.00. The first-order chi connectivity index (χ1) is 8.54. The number of aromatic nitrogens is 2. The molecule has 0 spiro atoms. The van der Waals surface area contributed by atoms with Crippen molar-refractivity contribution in [2.75, 3.05) is 20.1 Å². The van der Waals surface area contributed by atoms with Crippen molar-refractivity contribution in [3.63, 3.8) is 0 Å². The lowest BCUT2D eigenvalue weighted by atomic mass is 9.93. The zero-order valence-corrected chi connectivity index (χ0v) is 11.7. The topological polar surface area (TPSA) is 55.0 Å². The first kappa shape index (κ1) is 13.4. The molecule has 0 saturated carbocycles. The van der Waals surface area contributed by atoms with Crippen LogP contribution in [0.5, 0.6) is 0 Å². The van der Waals surface area contributed by atoms with E-state index < -0.39 is 0 Å². The van der Waals surface area contributed by atoms with Crippen LogP contribution < -0.4 is 5.73 Å². The number of rotatable bonds is 3. The van der Waals surface area contributed by atoms with Crippen molar-refractivity contribution in [3.05, 3.63) is 23.3 Å². The second-order valence-electron chi connectivity index (χ2n) is 5.61. The molecule has 0 aliphatic carbocycles. The van der Waals surface area contributed by atoms with Gasteiger partial charge in [0.2, 0.25) is 0 Å². The molecule has 0 amide bonds. The summed E-state index contributed by atoms with van der Waals surface area (Å²) in [5.74, 6) is 1.49. The Kier molecular flexibility index (Phi) is 4.30. The molecule has 1 unspecified atom stereocenters. The normalized spacial score (nSPS) is 20.0. The fourth-order valence-electron chi connectivity index (χ4n) is 2.55. The predicted octanol–water partition coefficient (Wildman–Crippen LogP) is 1.48. The molecule has 1 saturated heterocycles. The van der Waals surface area contributed by atoms with Crippen molar-refractivity contribution in [3.8, 4) is 0 Å². The molecule has 2 N–H and O–H groups in total. The molecule has 0 bridgehead atoms. The van der Waals surface area contributed by atoms with Gasteiger partial charge in [0.25, 0.3) is 0 Å². The molecule has 2 heterocycles. The van der Waals surface area contributed by atoms with E-state index >= 15 is 0 Å². The van der Waals surface area contributed by atoms with Crippen LogP contribution in [0.2, 0.25) is 0 Å². The second-order valence-corrected chi connectivity index (χ2v) is 5.61. The Morgan fingerprint density at radius 3 is 2.67 bits per heavy atom. The summed E-state index contributed by atoms with van der Waals surface area (Å²) >= 11 is 0. The van der Waals surface area contributed by atoms with E-state index in [0.29, 0.717) is 5.92 Å². The van der Waals surface area contributed by atoms with Crippen molar-refractivity contribution in [1.29, 1.82) is 0 Å². The molecule has 1 aliphatic rings. The highest BCUT2D eigenvalue weighted by Crippen LogP contribution is 2.26. The average molecular weight is 248 g/mol.